The molecular formula is C21H24N2O5S. The largest absolute Gasteiger partial charge is 0.497 e. The van der Waals surface area contributed by atoms with E-state index in [2.05, 4.69) is 4.99 Å². The van der Waals surface area contributed by atoms with Crippen molar-refractivity contribution in [3.8, 4) is 17.2 Å². The molecule has 0 aliphatic heterocycles. The van der Waals surface area contributed by atoms with Gasteiger partial charge >= 0.3 is 0 Å². The Kier molecular flexibility index (Phi) is 6.90. The van der Waals surface area contributed by atoms with Crippen molar-refractivity contribution < 1.29 is 23.7 Å². The van der Waals surface area contributed by atoms with Crippen LogP contribution < -0.4 is 19.0 Å². The number of nitrogens with zero attached hydrogens (tertiary/aromatic N) is 2. The summed E-state index contributed by atoms with van der Waals surface area (Å²) in [5.41, 5.74) is 1.29. The Bertz CT molecular complexity index is 1050. The molecule has 154 valence electrons. The van der Waals surface area contributed by atoms with Gasteiger partial charge < -0.3 is 23.5 Å². The molecule has 0 bridgehead atoms. The predicted octanol–water partition coefficient (Wildman–Crippen LogP) is 3.51. The summed E-state index contributed by atoms with van der Waals surface area (Å²) < 4.78 is 24.5. The molecule has 2 aromatic carbocycles. The van der Waals surface area contributed by atoms with E-state index in [1.807, 2.05) is 29.7 Å². The molecule has 0 aliphatic carbocycles. The Balaban J connectivity index is 2.11. The molecule has 0 spiro atoms. The molecule has 0 saturated carbocycles. The summed E-state index contributed by atoms with van der Waals surface area (Å²) in [6, 6.07) is 10.8. The summed E-state index contributed by atoms with van der Waals surface area (Å²) in [4.78, 5) is 17.9. The third kappa shape index (κ3) is 4.60. The maximum Gasteiger partial charge on any atom is 0.279 e. The molecule has 0 unspecified atom stereocenters. The standard InChI is InChI=1S/C21H24N2O5S/c1-5-28-10-9-23-19-17(27-4)7-6-8-18(19)29-21(23)22-20(24)14-11-15(25-2)13-16(12-14)26-3/h6-8,11-13H,5,9-10H2,1-4H3. The normalized spacial score (nSPS) is 11.7. The number of hydrogen-bond donors (Lipinski definition) is 0. The highest BCUT2D eigenvalue weighted by Crippen LogP contribution is 2.27. The number of carbonyl (C=O) groups excluding carboxylic acids is 1. The summed E-state index contributed by atoms with van der Waals surface area (Å²) in [6.45, 7) is 3.63. The zero-order chi connectivity index (χ0) is 20.8. The van der Waals surface area contributed by atoms with Crippen molar-refractivity contribution in [3.05, 3.63) is 46.8 Å². The van der Waals surface area contributed by atoms with Crippen LogP contribution in [0.15, 0.2) is 41.4 Å². The fourth-order valence-corrected chi connectivity index (χ4v) is 4.01. The number of methoxy groups -OCH3 is 3. The first kappa shape index (κ1) is 20.9. The van der Waals surface area contributed by atoms with Gasteiger partial charge in [-0.2, -0.15) is 4.99 Å². The van der Waals surface area contributed by atoms with Crippen LogP contribution in [0, 0.1) is 0 Å². The Morgan fingerprint density at radius 2 is 1.79 bits per heavy atom. The molecule has 0 atom stereocenters. The minimum absolute atomic E-state index is 0.377. The molecule has 1 aromatic heterocycles. The van der Waals surface area contributed by atoms with Crippen LogP contribution in [0.4, 0.5) is 0 Å². The van der Waals surface area contributed by atoms with Crippen molar-refractivity contribution in [2.75, 3.05) is 34.5 Å². The highest BCUT2D eigenvalue weighted by atomic mass is 32.1. The minimum Gasteiger partial charge on any atom is -0.497 e. The number of para-hydroxylation sites is 1. The van der Waals surface area contributed by atoms with Gasteiger partial charge in [0.2, 0.25) is 0 Å². The van der Waals surface area contributed by atoms with Crippen molar-refractivity contribution in [1.82, 2.24) is 4.57 Å². The van der Waals surface area contributed by atoms with Crippen LogP contribution in [0.2, 0.25) is 0 Å². The van der Waals surface area contributed by atoms with E-state index in [-0.39, 0.29) is 5.91 Å². The first-order valence-electron chi connectivity index (χ1n) is 9.17. The number of hydrogen-bond acceptors (Lipinski definition) is 6. The van der Waals surface area contributed by atoms with Crippen LogP contribution in [0.25, 0.3) is 10.2 Å². The number of ether oxygens (including phenoxy) is 4. The maximum atomic E-state index is 12.9. The van der Waals surface area contributed by atoms with Crippen LogP contribution in [0.3, 0.4) is 0 Å². The van der Waals surface area contributed by atoms with E-state index in [9.17, 15) is 4.79 Å². The van der Waals surface area contributed by atoms with Gasteiger partial charge in [-0.1, -0.05) is 17.4 Å². The number of aromatic nitrogens is 1. The van der Waals surface area contributed by atoms with E-state index in [4.69, 9.17) is 18.9 Å². The second kappa shape index (κ2) is 9.58. The first-order valence-corrected chi connectivity index (χ1v) is 9.99. The van der Waals surface area contributed by atoms with Gasteiger partial charge in [0.25, 0.3) is 5.91 Å². The average Bonchev–Trinajstić information content (AvgIpc) is 3.10. The topological polar surface area (TPSA) is 71.3 Å². The van der Waals surface area contributed by atoms with Gasteiger partial charge in [-0.25, -0.2) is 0 Å². The van der Waals surface area contributed by atoms with Gasteiger partial charge in [0, 0.05) is 24.8 Å². The second-order valence-electron chi connectivity index (χ2n) is 6.06. The van der Waals surface area contributed by atoms with Crippen LogP contribution >= 0.6 is 11.3 Å². The van der Waals surface area contributed by atoms with Gasteiger partial charge in [-0.15, -0.1) is 0 Å². The van der Waals surface area contributed by atoms with E-state index in [1.54, 1.807) is 39.5 Å². The molecular weight excluding hydrogens is 392 g/mol. The summed E-state index contributed by atoms with van der Waals surface area (Å²) in [6.07, 6.45) is 0. The number of fused-ring (bicyclic) bond motifs is 1. The van der Waals surface area contributed by atoms with Gasteiger partial charge in [-0.05, 0) is 31.2 Å². The highest BCUT2D eigenvalue weighted by molar-refractivity contribution is 7.16. The van der Waals surface area contributed by atoms with Crippen LogP contribution in [-0.4, -0.2) is 45.0 Å². The van der Waals surface area contributed by atoms with E-state index in [0.717, 1.165) is 16.0 Å². The highest BCUT2D eigenvalue weighted by Gasteiger charge is 2.14. The molecule has 3 aromatic rings. The molecule has 0 aliphatic rings. The number of thiazole rings is 1. The lowest BCUT2D eigenvalue weighted by molar-refractivity contribution is 0.0996. The van der Waals surface area contributed by atoms with Gasteiger partial charge in [0.1, 0.15) is 22.8 Å². The lowest BCUT2D eigenvalue weighted by Crippen LogP contribution is -2.20. The molecule has 1 heterocycles. The molecule has 0 radical (unpaired) electrons. The van der Waals surface area contributed by atoms with Crippen molar-refractivity contribution in [2.24, 2.45) is 4.99 Å². The Morgan fingerprint density at radius 1 is 1.07 bits per heavy atom. The number of rotatable bonds is 8. The molecule has 8 heteroatoms. The molecule has 7 nitrogen and oxygen atoms in total. The van der Waals surface area contributed by atoms with Crippen LogP contribution in [-0.2, 0) is 11.3 Å². The van der Waals surface area contributed by atoms with E-state index >= 15 is 0 Å². The molecule has 29 heavy (non-hydrogen) atoms. The smallest absolute Gasteiger partial charge is 0.279 e. The van der Waals surface area contributed by atoms with Gasteiger partial charge in [0.15, 0.2) is 4.80 Å². The molecule has 0 saturated heterocycles. The average molecular weight is 416 g/mol. The van der Waals surface area contributed by atoms with Crippen molar-refractivity contribution >= 4 is 27.5 Å². The van der Waals surface area contributed by atoms with Crippen molar-refractivity contribution in [1.29, 1.82) is 0 Å². The van der Waals surface area contributed by atoms with Crippen molar-refractivity contribution in [2.45, 2.75) is 13.5 Å². The predicted molar refractivity (Wildman–Crippen MR) is 112 cm³/mol. The summed E-state index contributed by atoms with van der Waals surface area (Å²) in [5, 5.41) is 0. The zero-order valence-corrected chi connectivity index (χ0v) is 17.7. The Hall–Kier alpha value is -2.84. The molecule has 1 amide bonds. The zero-order valence-electron chi connectivity index (χ0n) is 16.9. The maximum absolute atomic E-state index is 12.9. The third-order valence-electron chi connectivity index (χ3n) is 4.34. The number of carbonyl (C=O) groups is 1. The quantitative estimate of drug-likeness (QED) is 0.526. The monoisotopic (exact) mass is 416 g/mol. The van der Waals surface area contributed by atoms with E-state index in [0.29, 0.717) is 41.6 Å². The lowest BCUT2D eigenvalue weighted by Gasteiger charge is -2.09. The van der Waals surface area contributed by atoms with Crippen molar-refractivity contribution in [3.63, 3.8) is 0 Å². The fourth-order valence-electron chi connectivity index (χ4n) is 2.94. The first-order chi connectivity index (χ1) is 14.1. The Morgan fingerprint density at radius 3 is 2.41 bits per heavy atom. The van der Waals surface area contributed by atoms with Crippen LogP contribution in [0.5, 0.6) is 17.2 Å². The number of benzene rings is 2. The summed E-state index contributed by atoms with van der Waals surface area (Å²) in [7, 11) is 4.71. The molecule has 0 fully saturated rings. The lowest BCUT2D eigenvalue weighted by atomic mass is 10.2. The summed E-state index contributed by atoms with van der Waals surface area (Å²) >= 11 is 1.43. The SMILES string of the molecule is CCOCCn1c(=NC(=O)c2cc(OC)cc(OC)c2)sc2cccc(OC)c21. The third-order valence-corrected chi connectivity index (χ3v) is 5.39. The molecule has 3 rings (SSSR count). The minimum atomic E-state index is -0.377. The summed E-state index contributed by atoms with van der Waals surface area (Å²) in [5.74, 6) is 1.42. The van der Waals surface area contributed by atoms with E-state index < -0.39 is 0 Å². The van der Waals surface area contributed by atoms with Crippen LogP contribution in [0.1, 0.15) is 17.3 Å². The van der Waals surface area contributed by atoms with E-state index in [1.165, 1.54) is 11.3 Å². The second-order valence-corrected chi connectivity index (χ2v) is 7.07. The number of amides is 1. The van der Waals surface area contributed by atoms with Gasteiger partial charge in [0.05, 0.1) is 32.6 Å². The Labute approximate surface area is 173 Å². The molecule has 0 N–H and O–H groups in total. The fraction of sp³-hybridized carbons (Fsp3) is 0.333. The van der Waals surface area contributed by atoms with Gasteiger partial charge in [-0.3, -0.25) is 4.79 Å².